The van der Waals surface area contributed by atoms with Crippen molar-refractivity contribution >= 4 is 27.5 Å². The molecule has 1 heterocycles. The highest BCUT2D eigenvalue weighted by molar-refractivity contribution is 9.10. The summed E-state index contributed by atoms with van der Waals surface area (Å²) in [6.45, 7) is 8.28. The van der Waals surface area contributed by atoms with E-state index in [-0.39, 0.29) is 17.6 Å². The van der Waals surface area contributed by atoms with Crippen LogP contribution < -0.4 is 10.7 Å². The predicted octanol–water partition coefficient (Wildman–Crippen LogP) is 4.54. The number of carbonyl (C=O) groups is 1. The van der Waals surface area contributed by atoms with E-state index in [9.17, 15) is 9.59 Å². The number of aryl methyl sites for hydroxylation is 3. The van der Waals surface area contributed by atoms with Crippen molar-refractivity contribution in [2.75, 3.05) is 12.4 Å². The average molecular weight is 449 g/mol. The summed E-state index contributed by atoms with van der Waals surface area (Å²) < 4.78 is 7.49. The molecule has 152 valence electrons. The second-order valence-electron chi connectivity index (χ2n) is 6.85. The first kappa shape index (κ1) is 22.4. The van der Waals surface area contributed by atoms with E-state index < -0.39 is 5.91 Å². The summed E-state index contributed by atoms with van der Waals surface area (Å²) >= 11 is 3.34. The van der Waals surface area contributed by atoms with Crippen molar-refractivity contribution in [2.45, 2.75) is 53.6 Å². The van der Waals surface area contributed by atoms with Crippen molar-refractivity contribution in [2.24, 2.45) is 7.05 Å². The Morgan fingerprint density at radius 1 is 1.14 bits per heavy atom. The highest BCUT2D eigenvalue weighted by atomic mass is 79.9. The van der Waals surface area contributed by atoms with Crippen LogP contribution in [-0.2, 0) is 37.7 Å². The molecule has 0 fully saturated rings. The summed E-state index contributed by atoms with van der Waals surface area (Å²) in [6, 6.07) is 4.27. The lowest BCUT2D eigenvalue weighted by Crippen LogP contribution is -2.29. The van der Waals surface area contributed by atoms with Gasteiger partial charge in [0.05, 0.1) is 16.8 Å². The Balaban J connectivity index is 2.62. The number of hydrogen-bond donors (Lipinski definition) is 1. The minimum atomic E-state index is -0.401. The van der Waals surface area contributed by atoms with Gasteiger partial charge in [-0.05, 0) is 58.8 Å². The van der Waals surface area contributed by atoms with Crippen LogP contribution in [0.3, 0.4) is 0 Å². The van der Waals surface area contributed by atoms with Crippen molar-refractivity contribution < 1.29 is 9.53 Å². The average Bonchev–Trinajstić information content (AvgIpc) is 2.70. The molecule has 0 spiro atoms. The molecule has 0 aliphatic heterocycles. The van der Waals surface area contributed by atoms with Gasteiger partial charge in [0.1, 0.15) is 5.56 Å². The zero-order valence-electron chi connectivity index (χ0n) is 17.5. The lowest BCUT2D eigenvalue weighted by molar-refractivity contribution is 0.101. The molecule has 0 radical (unpaired) electrons. The van der Waals surface area contributed by atoms with E-state index in [0.29, 0.717) is 10.2 Å². The van der Waals surface area contributed by atoms with E-state index in [0.717, 1.165) is 41.8 Å². The van der Waals surface area contributed by atoms with Crippen LogP contribution in [0.5, 0.6) is 0 Å². The standard InChI is InChI=1S/C22H29BrN2O3/c1-7-14-10-15(8-2)20(16(9-3)11-14)24-22(27)18-17(12-28-6)25(5)13(4)19(23)21(18)26/h10-11H,7-9,12H2,1-6H3,(H,24,27). The Bertz CT molecular complexity index is 923. The normalized spacial score (nSPS) is 11.0. The summed E-state index contributed by atoms with van der Waals surface area (Å²) in [5.41, 5.74) is 5.35. The van der Waals surface area contributed by atoms with Crippen molar-refractivity contribution in [3.63, 3.8) is 0 Å². The topological polar surface area (TPSA) is 60.3 Å². The molecular formula is C22H29BrN2O3. The van der Waals surface area contributed by atoms with Crippen LogP contribution in [-0.4, -0.2) is 17.6 Å². The molecule has 28 heavy (non-hydrogen) atoms. The summed E-state index contributed by atoms with van der Waals surface area (Å²) in [6.07, 6.45) is 2.55. The second-order valence-corrected chi connectivity index (χ2v) is 7.64. The fourth-order valence-electron chi connectivity index (χ4n) is 3.40. The maximum absolute atomic E-state index is 13.2. The van der Waals surface area contributed by atoms with E-state index in [1.807, 2.05) is 18.5 Å². The minimum absolute atomic E-state index is 0.116. The van der Waals surface area contributed by atoms with Gasteiger partial charge in [0, 0.05) is 25.5 Å². The van der Waals surface area contributed by atoms with E-state index in [4.69, 9.17) is 4.74 Å². The molecule has 0 saturated heterocycles. The van der Waals surface area contributed by atoms with E-state index in [1.165, 1.54) is 5.56 Å². The van der Waals surface area contributed by atoms with Gasteiger partial charge in [-0.3, -0.25) is 9.59 Å². The van der Waals surface area contributed by atoms with Crippen LogP contribution in [0.1, 0.15) is 59.2 Å². The Hall–Kier alpha value is -1.92. The van der Waals surface area contributed by atoms with Gasteiger partial charge in [-0.15, -0.1) is 0 Å². The highest BCUT2D eigenvalue weighted by Crippen LogP contribution is 2.26. The molecule has 0 unspecified atom stereocenters. The van der Waals surface area contributed by atoms with Gasteiger partial charge < -0.3 is 14.6 Å². The Kier molecular flexibility index (Phi) is 7.61. The highest BCUT2D eigenvalue weighted by Gasteiger charge is 2.23. The largest absolute Gasteiger partial charge is 0.378 e. The third-order valence-corrected chi connectivity index (χ3v) is 6.15. The molecule has 0 aliphatic rings. The number of benzene rings is 1. The van der Waals surface area contributed by atoms with Gasteiger partial charge in [-0.25, -0.2) is 0 Å². The number of amides is 1. The van der Waals surface area contributed by atoms with Crippen LogP contribution in [0.15, 0.2) is 21.4 Å². The third-order valence-electron chi connectivity index (χ3n) is 5.22. The fraction of sp³-hybridized carbons (Fsp3) is 0.455. The maximum atomic E-state index is 13.2. The molecule has 1 amide bonds. The smallest absolute Gasteiger partial charge is 0.261 e. The molecule has 2 aromatic rings. The predicted molar refractivity (Wildman–Crippen MR) is 117 cm³/mol. The summed E-state index contributed by atoms with van der Waals surface area (Å²) in [5.74, 6) is -0.401. The minimum Gasteiger partial charge on any atom is -0.378 e. The molecule has 0 saturated carbocycles. The molecule has 1 N–H and O–H groups in total. The number of pyridine rings is 1. The van der Waals surface area contributed by atoms with Gasteiger partial charge >= 0.3 is 0 Å². The van der Waals surface area contributed by atoms with Crippen molar-refractivity contribution in [1.82, 2.24) is 4.57 Å². The molecule has 1 aromatic heterocycles. The zero-order chi connectivity index (χ0) is 21.0. The number of hydrogen-bond acceptors (Lipinski definition) is 3. The molecule has 0 bridgehead atoms. The number of rotatable bonds is 7. The first-order valence-electron chi connectivity index (χ1n) is 9.63. The Morgan fingerprint density at radius 3 is 2.18 bits per heavy atom. The van der Waals surface area contributed by atoms with Gasteiger partial charge in [-0.2, -0.15) is 0 Å². The summed E-state index contributed by atoms with van der Waals surface area (Å²) in [7, 11) is 3.38. The molecule has 6 heteroatoms. The third kappa shape index (κ3) is 4.23. The lowest BCUT2D eigenvalue weighted by atomic mass is 9.97. The van der Waals surface area contributed by atoms with Crippen LogP contribution in [0.4, 0.5) is 5.69 Å². The number of nitrogens with zero attached hydrogens (tertiary/aromatic N) is 1. The van der Waals surface area contributed by atoms with Crippen LogP contribution in [0.25, 0.3) is 0 Å². The SMILES string of the molecule is CCc1cc(CC)c(NC(=O)c2c(COC)n(C)c(C)c(Br)c2=O)c(CC)c1. The van der Waals surface area contributed by atoms with Crippen molar-refractivity contribution in [3.8, 4) is 0 Å². The number of halogens is 1. The van der Waals surface area contributed by atoms with E-state index >= 15 is 0 Å². The van der Waals surface area contributed by atoms with Crippen LogP contribution in [0, 0.1) is 6.92 Å². The second kappa shape index (κ2) is 9.52. The lowest BCUT2D eigenvalue weighted by Gasteiger charge is -2.20. The first-order chi connectivity index (χ1) is 13.3. The number of methoxy groups -OCH3 is 1. The quantitative estimate of drug-likeness (QED) is 0.675. The van der Waals surface area contributed by atoms with Gasteiger partial charge in [0.25, 0.3) is 5.91 Å². The van der Waals surface area contributed by atoms with Gasteiger partial charge in [0.2, 0.25) is 5.43 Å². The molecule has 0 aliphatic carbocycles. The van der Waals surface area contributed by atoms with Gasteiger partial charge in [-0.1, -0.05) is 32.9 Å². The fourth-order valence-corrected chi connectivity index (χ4v) is 3.86. The Labute approximate surface area is 175 Å². The number of aromatic nitrogens is 1. The van der Waals surface area contributed by atoms with Crippen LogP contribution in [0.2, 0.25) is 0 Å². The number of carbonyl (C=O) groups excluding carboxylic acids is 1. The maximum Gasteiger partial charge on any atom is 0.261 e. The van der Waals surface area contributed by atoms with Crippen molar-refractivity contribution in [3.05, 3.63) is 60.5 Å². The molecule has 5 nitrogen and oxygen atoms in total. The molecular weight excluding hydrogens is 420 g/mol. The molecule has 1 aromatic carbocycles. The Morgan fingerprint density at radius 2 is 1.71 bits per heavy atom. The molecule has 2 rings (SSSR count). The first-order valence-corrected chi connectivity index (χ1v) is 10.4. The van der Waals surface area contributed by atoms with Crippen molar-refractivity contribution in [1.29, 1.82) is 0 Å². The monoisotopic (exact) mass is 448 g/mol. The number of ether oxygens (including phenoxy) is 1. The molecule has 0 atom stereocenters. The number of anilines is 1. The summed E-state index contributed by atoms with van der Waals surface area (Å²) in [5, 5.41) is 3.03. The van der Waals surface area contributed by atoms with Crippen LogP contribution >= 0.6 is 15.9 Å². The zero-order valence-corrected chi connectivity index (χ0v) is 19.1. The number of nitrogens with one attached hydrogen (secondary N) is 1. The van der Waals surface area contributed by atoms with E-state index in [2.05, 4.69) is 54.2 Å². The summed E-state index contributed by atoms with van der Waals surface area (Å²) in [4.78, 5) is 26.1. The van der Waals surface area contributed by atoms with Gasteiger partial charge in [0.15, 0.2) is 0 Å². The van der Waals surface area contributed by atoms with E-state index in [1.54, 1.807) is 7.11 Å².